The zero-order chi connectivity index (χ0) is 15.4. The van der Waals surface area contributed by atoms with Crippen molar-refractivity contribution >= 4 is 17.3 Å². The largest absolute Gasteiger partial charge is 0.437 e. The zero-order valence-electron chi connectivity index (χ0n) is 12.0. The molecule has 0 aliphatic rings. The molecule has 1 heterocycles. The minimum Gasteiger partial charge on any atom is -0.437 e. The lowest BCUT2D eigenvalue weighted by molar-refractivity contribution is -0.111. The normalized spacial score (nSPS) is 10.0. The molecule has 5 nitrogen and oxygen atoms in total. The predicted octanol–water partition coefficient (Wildman–Crippen LogP) is 3.20. The van der Waals surface area contributed by atoms with Gasteiger partial charge in [-0.05, 0) is 55.3 Å². The number of amides is 1. The molecular formula is C16H17N3O2. The second-order valence-corrected chi connectivity index (χ2v) is 4.68. The summed E-state index contributed by atoms with van der Waals surface area (Å²) >= 11 is 0. The summed E-state index contributed by atoms with van der Waals surface area (Å²) in [5, 5.41) is 2.69. The van der Waals surface area contributed by atoms with Crippen molar-refractivity contribution in [1.82, 2.24) is 4.98 Å². The van der Waals surface area contributed by atoms with Crippen LogP contribution in [-0.2, 0) is 4.79 Å². The van der Waals surface area contributed by atoms with Crippen molar-refractivity contribution in [2.75, 3.05) is 11.1 Å². The monoisotopic (exact) mass is 283 g/mol. The van der Waals surface area contributed by atoms with Crippen LogP contribution in [0.5, 0.6) is 11.6 Å². The van der Waals surface area contributed by atoms with Crippen molar-refractivity contribution < 1.29 is 9.53 Å². The molecule has 0 unspecified atom stereocenters. The predicted molar refractivity (Wildman–Crippen MR) is 83.5 cm³/mol. The molecular weight excluding hydrogens is 266 g/mol. The van der Waals surface area contributed by atoms with Gasteiger partial charge in [0.05, 0.1) is 5.69 Å². The second-order valence-electron chi connectivity index (χ2n) is 4.68. The number of carbonyl (C=O) groups is 1. The highest BCUT2D eigenvalue weighted by Crippen LogP contribution is 2.29. The summed E-state index contributed by atoms with van der Waals surface area (Å²) in [4.78, 5) is 15.4. The average Bonchev–Trinajstić information content (AvgIpc) is 2.44. The van der Waals surface area contributed by atoms with E-state index in [2.05, 4.69) is 16.9 Å². The van der Waals surface area contributed by atoms with E-state index >= 15 is 0 Å². The number of rotatable bonds is 4. The SMILES string of the molecule is C=CC(=O)Nc1ccc(Oc2ncc(C)cc2N)c(C)c1. The van der Waals surface area contributed by atoms with Crippen molar-refractivity contribution in [1.29, 1.82) is 0 Å². The number of nitrogens with one attached hydrogen (secondary N) is 1. The number of nitrogens with two attached hydrogens (primary N) is 1. The fraction of sp³-hybridized carbons (Fsp3) is 0.125. The number of ether oxygens (including phenoxy) is 1. The molecule has 21 heavy (non-hydrogen) atoms. The number of hydrogen-bond acceptors (Lipinski definition) is 4. The van der Waals surface area contributed by atoms with Gasteiger partial charge in [-0.3, -0.25) is 4.79 Å². The number of carbonyl (C=O) groups excluding carboxylic acids is 1. The molecule has 2 rings (SSSR count). The molecule has 0 bridgehead atoms. The molecule has 0 aliphatic heterocycles. The quantitative estimate of drug-likeness (QED) is 0.845. The second kappa shape index (κ2) is 6.09. The van der Waals surface area contributed by atoms with Crippen LogP contribution < -0.4 is 15.8 Å². The third-order valence-corrected chi connectivity index (χ3v) is 2.85. The van der Waals surface area contributed by atoms with Gasteiger partial charge >= 0.3 is 0 Å². The smallest absolute Gasteiger partial charge is 0.247 e. The van der Waals surface area contributed by atoms with E-state index in [0.717, 1.165) is 11.1 Å². The number of aromatic nitrogens is 1. The molecule has 0 aliphatic carbocycles. The van der Waals surface area contributed by atoms with Crippen LogP contribution in [0.1, 0.15) is 11.1 Å². The Bertz CT molecular complexity index is 696. The highest BCUT2D eigenvalue weighted by molar-refractivity contribution is 5.98. The number of nitrogen functional groups attached to an aromatic ring is 1. The summed E-state index contributed by atoms with van der Waals surface area (Å²) in [7, 11) is 0. The third kappa shape index (κ3) is 3.60. The Morgan fingerprint density at radius 3 is 2.76 bits per heavy atom. The summed E-state index contributed by atoms with van der Waals surface area (Å²) in [6.45, 7) is 7.20. The molecule has 0 spiro atoms. The van der Waals surface area contributed by atoms with Gasteiger partial charge in [0.1, 0.15) is 5.75 Å². The van der Waals surface area contributed by atoms with Gasteiger partial charge in [-0.25, -0.2) is 4.98 Å². The van der Waals surface area contributed by atoms with Crippen molar-refractivity contribution in [3.05, 3.63) is 54.2 Å². The first-order valence-electron chi connectivity index (χ1n) is 6.43. The van der Waals surface area contributed by atoms with E-state index in [9.17, 15) is 4.79 Å². The van der Waals surface area contributed by atoms with Crippen LogP contribution in [0.25, 0.3) is 0 Å². The zero-order valence-corrected chi connectivity index (χ0v) is 12.0. The third-order valence-electron chi connectivity index (χ3n) is 2.85. The molecule has 0 saturated carbocycles. The maximum Gasteiger partial charge on any atom is 0.247 e. The van der Waals surface area contributed by atoms with Gasteiger partial charge in [-0.15, -0.1) is 0 Å². The van der Waals surface area contributed by atoms with Crippen LogP contribution in [-0.4, -0.2) is 10.9 Å². The van der Waals surface area contributed by atoms with Gasteiger partial charge in [0, 0.05) is 11.9 Å². The van der Waals surface area contributed by atoms with E-state index < -0.39 is 0 Å². The van der Waals surface area contributed by atoms with E-state index in [1.54, 1.807) is 30.5 Å². The summed E-state index contributed by atoms with van der Waals surface area (Å²) in [6, 6.07) is 7.11. The first-order chi connectivity index (χ1) is 9.99. The van der Waals surface area contributed by atoms with Crippen LogP contribution >= 0.6 is 0 Å². The molecule has 1 amide bonds. The fourth-order valence-electron chi connectivity index (χ4n) is 1.80. The van der Waals surface area contributed by atoms with Gasteiger partial charge in [-0.1, -0.05) is 6.58 Å². The first kappa shape index (κ1) is 14.6. The maximum absolute atomic E-state index is 11.3. The topological polar surface area (TPSA) is 77.2 Å². The van der Waals surface area contributed by atoms with Gasteiger partial charge < -0.3 is 15.8 Å². The van der Waals surface area contributed by atoms with E-state index in [4.69, 9.17) is 10.5 Å². The number of hydrogen-bond donors (Lipinski definition) is 2. The van der Waals surface area contributed by atoms with E-state index in [0.29, 0.717) is 23.0 Å². The molecule has 2 aromatic rings. The van der Waals surface area contributed by atoms with Gasteiger partial charge in [-0.2, -0.15) is 0 Å². The Balaban J connectivity index is 2.21. The van der Waals surface area contributed by atoms with Crippen molar-refractivity contribution in [2.24, 2.45) is 0 Å². The minimum atomic E-state index is -0.257. The Morgan fingerprint density at radius 2 is 2.14 bits per heavy atom. The number of pyridine rings is 1. The Labute approximate surface area is 123 Å². The maximum atomic E-state index is 11.3. The molecule has 0 radical (unpaired) electrons. The van der Waals surface area contributed by atoms with Crippen LogP contribution in [0.4, 0.5) is 11.4 Å². The molecule has 0 fully saturated rings. The van der Waals surface area contributed by atoms with Crippen LogP contribution in [0, 0.1) is 13.8 Å². The summed E-state index contributed by atoms with van der Waals surface area (Å²) in [6.07, 6.45) is 2.91. The van der Waals surface area contributed by atoms with Gasteiger partial charge in [0.2, 0.25) is 11.8 Å². The Kier molecular flexibility index (Phi) is 4.23. The summed E-state index contributed by atoms with van der Waals surface area (Å²) < 4.78 is 5.71. The van der Waals surface area contributed by atoms with E-state index in [-0.39, 0.29) is 5.91 Å². The van der Waals surface area contributed by atoms with Gasteiger partial charge in [0.15, 0.2) is 0 Å². The minimum absolute atomic E-state index is 0.257. The standard InChI is InChI=1S/C16H17N3O2/c1-4-15(20)19-12-5-6-14(11(3)8-12)21-16-13(17)7-10(2)9-18-16/h4-9H,1,17H2,2-3H3,(H,19,20). The highest BCUT2D eigenvalue weighted by atomic mass is 16.5. The first-order valence-corrected chi connectivity index (χ1v) is 6.43. The van der Waals surface area contributed by atoms with Crippen LogP contribution in [0.3, 0.4) is 0 Å². The van der Waals surface area contributed by atoms with E-state index in [1.807, 2.05) is 13.8 Å². The molecule has 1 aromatic carbocycles. The van der Waals surface area contributed by atoms with Crippen LogP contribution in [0.2, 0.25) is 0 Å². The van der Waals surface area contributed by atoms with Crippen molar-refractivity contribution in [2.45, 2.75) is 13.8 Å². The van der Waals surface area contributed by atoms with Crippen LogP contribution in [0.15, 0.2) is 43.1 Å². The molecule has 0 saturated heterocycles. The van der Waals surface area contributed by atoms with Crippen molar-refractivity contribution in [3.8, 4) is 11.6 Å². The highest BCUT2D eigenvalue weighted by Gasteiger charge is 2.08. The lowest BCUT2D eigenvalue weighted by atomic mass is 10.2. The Hall–Kier alpha value is -2.82. The lowest BCUT2D eigenvalue weighted by Gasteiger charge is -2.11. The number of aryl methyl sites for hydroxylation is 2. The fourth-order valence-corrected chi connectivity index (χ4v) is 1.80. The molecule has 0 atom stereocenters. The summed E-state index contributed by atoms with van der Waals surface area (Å²) in [5.74, 6) is 0.744. The molecule has 3 N–H and O–H groups in total. The van der Waals surface area contributed by atoms with Gasteiger partial charge in [0.25, 0.3) is 0 Å². The number of nitrogens with zero attached hydrogens (tertiary/aromatic N) is 1. The summed E-state index contributed by atoms with van der Waals surface area (Å²) in [5.41, 5.74) is 8.87. The molecule has 1 aromatic heterocycles. The average molecular weight is 283 g/mol. The molecule has 108 valence electrons. The Morgan fingerprint density at radius 1 is 1.38 bits per heavy atom. The molecule has 5 heteroatoms. The number of benzene rings is 1. The van der Waals surface area contributed by atoms with E-state index in [1.165, 1.54) is 6.08 Å². The lowest BCUT2D eigenvalue weighted by Crippen LogP contribution is -2.07. The number of anilines is 2. The van der Waals surface area contributed by atoms with Crippen molar-refractivity contribution in [3.63, 3.8) is 0 Å².